The molecule has 0 aromatic heterocycles. The quantitative estimate of drug-likeness (QED) is 0.144. The Hall–Kier alpha value is -1.14. The maximum atomic E-state index is 12.4. The summed E-state index contributed by atoms with van der Waals surface area (Å²) >= 11 is 0. The molecule has 6 heteroatoms. The van der Waals surface area contributed by atoms with Crippen molar-refractivity contribution >= 4 is 11.9 Å². The van der Waals surface area contributed by atoms with E-state index >= 15 is 0 Å². The van der Waals surface area contributed by atoms with Gasteiger partial charge >= 0.3 is 11.9 Å². The van der Waals surface area contributed by atoms with Gasteiger partial charge in [0.05, 0.1) is 23.0 Å². The van der Waals surface area contributed by atoms with Crippen LogP contribution in [0.25, 0.3) is 0 Å². The molecule has 0 radical (unpaired) electrons. The molecule has 0 aromatic carbocycles. The van der Waals surface area contributed by atoms with Gasteiger partial charge in [0.15, 0.2) is 0 Å². The molecule has 0 aliphatic carbocycles. The van der Waals surface area contributed by atoms with E-state index in [-0.39, 0.29) is 18.0 Å². The fourth-order valence-electron chi connectivity index (χ4n) is 4.23. The molecule has 1 N–H and O–H groups in total. The largest absolute Gasteiger partial charge is 0.460 e. The molecule has 0 saturated heterocycles. The van der Waals surface area contributed by atoms with Crippen LogP contribution in [-0.4, -0.2) is 47.6 Å². The summed E-state index contributed by atoms with van der Waals surface area (Å²) in [5.74, 6) is -0.264. The predicted molar refractivity (Wildman–Crippen MR) is 151 cm³/mol. The summed E-state index contributed by atoms with van der Waals surface area (Å²) in [6, 6.07) is 0. The molecule has 37 heavy (non-hydrogen) atoms. The van der Waals surface area contributed by atoms with Crippen molar-refractivity contribution in [3.05, 3.63) is 0 Å². The minimum atomic E-state index is -0.473. The fraction of sp³-hybridized carbons (Fsp3) is 0.935. The number of aliphatic hydroxyl groups excluding tert-OH is 1. The fourth-order valence-corrected chi connectivity index (χ4v) is 4.23. The van der Waals surface area contributed by atoms with E-state index in [1.165, 1.54) is 0 Å². The van der Waals surface area contributed by atoms with Crippen molar-refractivity contribution in [1.82, 2.24) is 0 Å². The highest BCUT2D eigenvalue weighted by molar-refractivity contribution is 5.76. The highest BCUT2D eigenvalue weighted by atomic mass is 16.6. The Morgan fingerprint density at radius 1 is 0.595 bits per heavy atom. The monoisotopic (exact) mass is 528 g/mol. The van der Waals surface area contributed by atoms with Crippen LogP contribution >= 0.6 is 0 Å². The molecule has 6 nitrogen and oxygen atoms in total. The molecule has 0 heterocycles. The first-order chi connectivity index (χ1) is 16.8. The number of hydrogen-bond acceptors (Lipinski definition) is 6. The van der Waals surface area contributed by atoms with E-state index in [4.69, 9.17) is 14.2 Å². The summed E-state index contributed by atoms with van der Waals surface area (Å²) < 4.78 is 16.7. The molecule has 220 valence electrons. The summed E-state index contributed by atoms with van der Waals surface area (Å²) in [5, 5.41) is 10.6. The van der Waals surface area contributed by atoms with Crippen molar-refractivity contribution in [3.8, 4) is 0 Å². The third kappa shape index (κ3) is 17.1. The van der Waals surface area contributed by atoms with E-state index in [2.05, 4.69) is 0 Å². The van der Waals surface area contributed by atoms with Crippen LogP contribution in [0.5, 0.6) is 0 Å². The van der Waals surface area contributed by atoms with Crippen LogP contribution < -0.4 is 0 Å². The Balaban J connectivity index is 4.10. The molecule has 0 aromatic rings. The van der Waals surface area contributed by atoms with Crippen LogP contribution in [-0.2, 0) is 23.8 Å². The molecule has 0 fully saturated rings. The highest BCUT2D eigenvalue weighted by Crippen LogP contribution is 2.29. The number of esters is 2. The van der Waals surface area contributed by atoms with E-state index < -0.39 is 28.1 Å². The molecule has 0 aliphatic heterocycles. The second kappa shape index (κ2) is 16.1. The predicted octanol–water partition coefficient (Wildman–Crippen LogP) is 7.78. The topological polar surface area (TPSA) is 82.1 Å². The number of carbonyl (C=O) groups is 2. The normalized spacial score (nSPS) is 14.8. The second-order valence-corrected chi connectivity index (χ2v) is 14.0. The maximum absolute atomic E-state index is 12.4. The van der Waals surface area contributed by atoms with Crippen molar-refractivity contribution in [1.29, 1.82) is 0 Å². The number of aliphatic hydroxyl groups is 1. The van der Waals surface area contributed by atoms with Gasteiger partial charge in [0.2, 0.25) is 0 Å². The zero-order valence-electron chi connectivity index (χ0n) is 26.1. The molecule has 0 rings (SSSR count). The summed E-state index contributed by atoms with van der Waals surface area (Å²) in [5.41, 5.74) is -1.85. The number of unbranched alkanes of at least 4 members (excludes halogenated alkanes) is 6. The lowest BCUT2D eigenvalue weighted by molar-refractivity contribution is -0.167. The zero-order chi connectivity index (χ0) is 28.9. The van der Waals surface area contributed by atoms with Crippen LogP contribution in [0.1, 0.15) is 146 Å². The van der Waals surface area contributed by atoms with Crippen LogP contribution in [0.3, 0.4) is 0 Å². The summed E-state index contributed by atoms with van der Waals surface area (Å²) in [6.45, 7) is 19.2. The Labute approximate surface area is 228 Å². The SMILES string of the molecule is CO[C@@H](CCCCCCC(C)(C)C(=O)OC(C)(C)C)[C@@H](O)CCCCCCC(C)(C)C(=O)OC(C)(C)C. The lowest BCUT2D eigenvalue weighted by Gasteiger charge is -2.28. The highest BCUT2D eigenvalue weighted by Gasteiger charge is 2.33. The second-order valence-electron chi connectivity index (χ2n) is 14.0. The molecule has 0 saturated carbocycles. The third-order valence-electron chi connectivity index (χ3n) is 6.73. The van der Waals surface area contributed by atoms with Crippen molar-refractivity contribution in [2.24, 2.45) is 10.8 Å². The van der Waals surface area contributed by atoms with Crippen LogP contribution in [0, 0.1) is 10.8 Å². The van der Waals surface area contributed by atoms with Crippen molar-refractivity contribution < 1.29 is 28.9 Å². The summed E-state index contributed by atoms with van der Waals surface area (Å²) in [4.78, 5) is 24.7. The first kappa shape index (κ1) is 35.9. The minimum Gasteiger partial charge on any atom is -0.460 e. The first-order valence-corrected chi connectivity index (χ1v) is 14.5. The zero-order valence-corrected chi connectivity index (χ0v) is 26.1. The van der Waals surface area contributed by atoms with Crippen molar-refractivity contribution in [2.75, 3.05) is 7.11 Å². The first-order valence-electron chi connectivity index (χ1n) is 14.5. The van der Waals surface area contributed by atoms with Crippen LogP contribution in [0.15, 0.2) is 0 Å². The number of rotatable bonds is 18. The molecule has 0 spiro atoms. The maximum Gasteiger partial charge on any atom is 0.312 e. The van der Waals surface area contributed by atoms with E-state index in [0.29, 0.717) is 0 Å². The standard InChI is InChI=1S/C31H60O6/c1-28(2,3)36-26(33)30(7,8)22-18-14-12-16-20-24(32)25(35-11)21-17-13-15-19-23-31(9,10)27(34)37-29(4,5)6/h24-25,32H,12-23H2,1-11H3/t24-,25-/m0/s1. The Kier molecular flexibility index (Phi) is 15.6. The average molecular weight is 529 g/mol. The lowest BCUT2D eigenvalue weighted by atomic mass is 9.86. The Bertz CT molecular complexity index is 654. The molecule has 2 atom stereocenters. The molecule has 0 aliphatic rings. The van der Waals surface area contributed by atoms with Crippen molar-refractivity contribution in [2.45, 2.75) is 170 Å². The van der Waals surface area contributed by atoms with Crippen LogP contribution in [0.2, 0.25) is 0 Å². The molecular formula is C31H60O6. The Morgan fingerprint density at radius 2 is 0.946 bits per heavy atom. The van der Waals surface area contributed by atoms with Gasteiger partial charge in [0, 0.05) is 7.11 Å². The van der Waals surface area contributed by atoms with Gasteiger partial charge in [0.1, 0.15) is 11.2 Å². The van der Waals surface area contributed by atoms with Crippen molar-refractivity contribution in [3.63, 3.8) is 0 Å². The number of methoxy groups -OCH3 is 1. The van der Waals surface area contributed by atoms with E-state index in [1.807, 2.05) is 69.2 Å². The molecule has 0 amide bonds. The van der Waals surface area contributed by atoms with Gasteiger partial charge in [-0.1, -0.05) is 51.4 Å². The average Bonchev–Trinajstić information content (AvgIpc) is 2.73. The van der Waals surface area contributed by atoms with Crippen LogP contribution in [0.4, 0.5) is 0 Å². The van der Waals surface area contributed by atoms with E-state index in [1.54, 1.807) is 7.11 Å². The van der Waals surface area contributed by atoms with E-state index in [9.17, 15) is 14.7 Å². The summed E-state index contributed by atoms with van der Waals surface area (Å²) in [6.07, 6.45) is 10.7. The molecule has 0 unspecified atom stereocenters. The summed E-state index contributed by atoms with van der Waals surface area (Å²) in [7, 11) is 1.68. The van der Waals surface area contributed by atoms with Gasteiger partial charge < -0.3 is 19.3 Å². The van der Waals surface area contributed by atoms with Gasteiger partial charge in [-0.05, 0) is 94.9 Å². The smallest absolute Gasteiger partial charge is 0.312 e. The Morgan fingerprint density at radius 3 is 1.30 bits per heavy atom. The number of hydrogen-bond donors (Lipinski definition) is 1. The molecule has 0 bridgehead atoms. The molecular weight excluding hydrogens is 468 g/mol. The number of carbonyl (C=O) groups excluding carboxylic acids is 2. The van der Waals surface area contributed by atoms with Gasteiger partial charge in [-0.3, -0.25) is 9.59 Å². The lowest BCUT2D eigenvalue weighted by Crippen LogP contribution is -2.33. The van der Waals surface area contributed by atoms with E-state index in [0.717, 1.165) is 77.0 Å². The van der Waals surface area contributed by atoms with Gasteiger partial charge in [-0.15, -0.1) is 0 Å². The van der Waals surface area contributed by atoms with Gasteiger partial charge in [0.25, 0.3) is 0 Å². The van der Waals surface area contributed by atoms with Gasteiger partial charge in [-0.2, -0.15) is 0 Å². The number of ether oxygens (including phenoxy) is 3. The third-order valence-corrected chi connectivity index (χ3v) is 6.73. The van der Waals surface area contributed by atoms with Gasteiger partial charge in [-0.25, -0.2) is 0 Å². The minimum absolute atomic E-state index is 0.130.